The molecule has 1 heterocycles. The Balaban J connectivity index is 2.77. The lowest BCUT2D eigenvalue weighted by Crippen LogP contribution is -2.49. The molecule has 0 aromatic rings. The van der Waals surface area contributed by atoms with Crippen molar-refractivity contribution in [3.05, 3.63) is 0 Å². The molecule has 1 saturated heterocycles. The maximum Gasteiger partial charge on any atom is 0.329 e. The predicted molar refractivity (Wildman–Crippen MR) is 87.5 cm³/mol. The lowest BCUT2D eigenvalue weighted by Gasteiger charge is -2.30. The Kier molecular flexibility index (Phi) is 7.88. The number of halogens is 1. The van der Waals surface area contributed by atoms with Crippen LogP contribution in [0.25, 0.3) is 0 Å². The van der Waals surface area contributed by atoms with Gasteiger partial charge in [0.15, 0.2) is 0 Å². The Hall–Kier alpha value is -0.420. The van der Waals surface area contributed by atoms with Crippen molar-refractivity contribution >= 4 is 35.2 Å². The highest BCUT2D eigenvalue weighted by molar-refractivity contribution is 8.00. The number of hydrogen-bond acceptors (Lipinski definition) is 4. The van der Waals surface area contributed by atoms with Crippen molar-refractivity contribution < 1.29 is 14.3 Å². The third-order valence-corrected chi connectivity index (χ3v) is 4.87. The SMILES string of the molecule is CCCCOC(=O)C1CSC(CC(C)C)N1C(=O)C(C)Cl. The zero-order valence-corrected chi connectivity index (χ0v) is 14.9. The molecule has 0 bridgehead atoms. The Bertz CT molecular complexity index is 363. The van der Waals surface area contributed by atoms with Gasteiger partial charge < -0.3 is 9.64 Å². The Morgan fingerprint density at radius 3 is 2.57 bits per heavy atom. The van der Waals surface area contributed by atoms with E-state index in [-0.39, 0.29) is 17.3 Å². The van der Waals surface area contributed by atoms with Gasteiger partial charge in [-0.2, -0.15) is 0 Å². The number of unbranched alkanes of at least 4 members (excludes halogenated alkanes) is 1. The first kappa shape index (κ1) is 18.6. The maximum absolute atomic E-state index is 12.4. The molecule has 1 aliphatic heterocycles. The molecule has 1 rings (SSSR count). The molecular weight excluding hydrogens is 310 g/mol. The van der Waals surface area contributed by atoms with Gasteiger partial charge in [-0.1, -0.05) is 27.2 Å². The molecule has 1 fully saturated rings. The first-order valence-electron chi connectivity index (χ1n) is 7.62. The normalized spacial score (nSPS) is 23.4. The minimum absolute atomic E-state index is 0.0161. The first-order valence-corrected chi connectivity index (χ1v) is 9.11. The summed E-state index contributed by atoms with van der Waals surface area (Å²) in [5, 5.41) is -0.605. The lowest BCUT2D eigenvalue weighted by atomic mass is 10.1. The van der Waals surface area contributed by atoms with Crippen LogP contribution in [0.5, 0.6) is 0 Å². The van der Waals surface area contributed by atoms with Gasteiger partial charge in [-0.25, -0.2) is 4.79 Å². The van der Waals surface area contributed by atoms with Gasteiger partial charge in [0.2, 0.25) is 5.91 Å². The predicted octanol–water partition coefficient (Wildman–Crippen LogP) is 3.27. The molecule has 0 saturated carbocycles. The average Bonchev–Trinajstić information content (AvgIpc) is 2.80. The second-order valence-corrected chi connectivity index (χ2v) is 7.68. The number of nitrogens with zero attached hydrogens (tertiary/aromatic N) is 1. The summed E-state index contributed by atoms with van der Waals surface area (Å²) < 4.78 is 5.29. The monoisotopic (exact) mass is 335 g/mol. The summed E-state index contributed by atoms with van der Waals surface area (Å²) in [5.41, 5.74) is 0. The number of hydrogen-bond donors (Lipinski definition) is 0. The summed E-state index contributed by atoms with van der Waals surface area (Å²) in [7, 11) is 0. The van der Waals surface area contributed by atoms with E-state index in [1.165, 1.54) is 0 Å². The highest BCUT2D eigenvalue weighted by Crippen LogP contribution is 2.34. The van der Waals surface area contributed by atoms with Crippen molar-refractivity contribution in [1.29, 1.82) is 0 Å². The summed E-state index contributed by atoms with van der Waals surface area (Å²) in [4.78, 5) is 26.2. The van der Waals surface area contributed by atoms with E-state index in [2.05, 4.69) is 13.8 Å². The van der Waals surface area contributed by atoms with Crippen LogP contribution in [0.1, 0.15) is 47.0 Å². The van der Waals surface area contributed by atoms with Crippen LogP contribution in [0.15, 0.2) is 0 Å². The minimum atomic E-state index is -0.621. The largest absolute Gasteiger partial charge is 0.464 e. The maximum atomic E-state index is 12.4. The fourth-order valence-corrected chi connectivity index (χ4v) is 3.99. The summed E-state index contributed by atoms with van der Waals surface area (Å²) in [6.07, 6.45) is 2.68. The van der Waals surface area contributed by atoms with Gasteiger partial charge in [0, 0.05) is 5.75 Å². The van der Waals surface area contributed by atoms with E-state index in [1.807, 2.05) is 6.92 Å². The standard InChI is InChI=1S/C15H26ClNO3S/c1-5-6-7-20-15(19)12-9-21-13(8-10(2)3)17(12)14(18)11(4)16/h10-13H,5-9H2,1-4H3. The van der Waals surface area contributed by atoms with E-state index in [0.29, 0.717) is 18.3 Å². The van der Waals surface area contributed by atoms with Crippen LogP contribution >= 0.6 is 23.4 Å². The molecule has 0 aromatic heterocycles. The minimum Gasteiger partial charge on any atom is -0.464 e. The van der Waals surface area contributed by atoms with Gasteiger partial charge in [0.05, 0.1) is 12.0 Å². The molecule has 0 radical (unpaired) electrons. The van der Waals surface area contributed by atoms with Crippen LogP contribution in [0.4, 0.5) is 0 Å². The Labute approximate surface area is 136 Å². The molecule has 0 aliphatic carbocycles. The zero-order chi connectivity index (χ0) is 16.0. The van der Waals surface area contributed by atoms with Crippen LogP contribution in [-0.4, -0.2) is 45.9 Å². The molecule has 3 atom stereocenters. The molecule has 21 heavy (non-hydrogen) atoms. The van der Waals surface area contributed by atoms with Crippen LogP contribution < -0.4 is 0 Å². The quantitative estimate of drug-likeness (QED) is 0.407. The first-order chi connectivity index (χ1) is 9.88. The number of carbonyl (C=O) groups is 2. The average molecular weight is 336 g/mol. The van der Waals surface area contributed by atoms with E-state index in [4.69, 9.17) is 16.3 Å². The fourth-order valence-electron chi connectivity index (χ4n) is 2.24. The van der Waals surface area contributed by atoms with Crippen LogP contribution in [0.2, 0.25) is 0 Å². The number of carbonyl (C=O) groups excluding carboxylic acids is 2. The summed E-state index contributed by atoms with van der Waals surface area (Å²) in [6.45, 7) is 8.34. The van der Waals surface area contributed by atoms with Crippen LogP contribution in [-0.2, 0) is 14.3 Å². The van der Waals surface area contributed by atoms with Crippen molar-refractivity contribution in [1.82, 2.24) is 4.90 Å². The molecule has 3 unspecified atom stereocenters. The number of alkyl halides is 1. The van der Waals surface area contributed by atoms with E-state index in [1.54, 1.807) is 23.6 Å². The zero-order valence-electron chi connectivity index (χ0n) is 13.3. The van der Waals surface area contributed by atoms with Crippen molar-refractivity contribution in [2.45, 2.75) is 63.8 Å². The van der Waals surface area contributed by atoms with Crippen molar-refractivity contribution in [2.24, 2.45) is 5.92 Å². The molecule has 122 valence electrons. The highest BCUT2D eigenvalue weighted by Gasteiger charge is 2.43. The molecule has 0 spiro atoms. The van der Waals surface area contributed by atoms with E-state index < -0.39 is 11.4 Å². The topological polar surface area (TPSA) is 46.6 Å². The number of thioether (sulfide) groups is 1. The number of rotatable bonds is 7. The second kappa shape index (κ2) is 8.89. The number of amides is 1. The van der Waals surface area contributed by atoms with E-state index >= 15 is 0 Å². The van der Waals surface area contributed by atoms with Gasteiger partial charge in [0.25, 0.3) is 0 Å². The molecule has 0 N–H and O–H groups in total. The molecule has 4 nitrogen and oxygen atoms in total. The van der Waals surface area contributed by atoms with Gasteiger partial charge in [-0.05, 0) is 25.7 Å². The number of ether oxygens (including phenoxy) is 1. The third kappa shape index (κ3) is 5.37. The van der Waals surface area contributed by atoms with Gasteiger partial charge >= 0.3 is 5.97 Å². The summed E-state index contributed by atoms with van der Waals surface area (Å²) in [6, 6.07) is -0.496. The fraction of sp³-hybridized carbons (Fsp3) is 0.867. The van der Waals surface area contributed by atoms with Crippen LogP contribution in [0.3, 0.4) is 0 Å². The van der Waals surface area contributed by atoms with Crippen molar-refractivity contribution in [3.63, 3.8) is 0 Å². The van der Waals surface area contributed by atoms with Gasteiger partial charge in [0.1, 0.15) is 11.4 Å². The Morgan fingerprint density at radius 1 is 1.38 bits per heavy atom. The summed E-state index contributed by atoms with van der Waals surface area (Å²) in [5.74, 6) is 0.577. The van der Waals surface area contributed by atoms with Crippen molar-refractivity contribution in [2.75, 3.05) is 12.4 Å². The van der Waals surface area contributed by atoms with Gasteiger partial charge in [-0.3, -0.25) is 4.79 Å². The van der Waals surface area contributed by atoms with Crippen molar-refractivity contribution in [3.8, 4) is 0 Å². The van der Waals surface area contributed by atoms with E-state index in [0.717, 1.165) is 19.3 Å². The molecule has 1 amide bonds. The van der Waals surface area contributed by atoms with E-state index in [9.17, 15) is 9.59 Å². The third-order valence-electron chi connectivity index (χ3n) is 3.37. The lowest BCUT2D eigenvalue weighted by molar-refractivity contribution is -0.154. The molecule has 0 aromatic carbocycles. The van der Waals surface area contributed by atoms with Gasteiger partial charge in [-0.15, -0.1) is 23.4 Å². The Morgan fingerprint density at radius 2 is 2.05 bits per heavy atom. The summed E-state index contributed by atoms with van der Waals surface area (Å²) >= 11 is 7.60. The molecule has 6 heteroatoms. The smallest absolute Gasteiger partial charge is 0.329 e. The molecular formula is C15H26ClNO3S. The second-order valence-electron chi connectivity index (χ2n) is 5.82. The molecule has 1 aliphatic rings. The highest BCUT2D eigenvalue weighted by atomic mass is 35.5. The number of esters is 1. The van der Waals surface area contributed by atoms with Crippen LogP contribution in [0, 0.1) is 5.92 Å².